The topological polar surface area (TPSA) is 115 Å². The molecule has 0 saturated carbocycles. The molecule has 0 amide bonds. The molecule has 3 aromatic heterocycles. The number of hydrogen-bond acceptors (Lipinski definition) is 7. The number of ketones is 1. The van der Waals surface area contributed by atoms with Crippen LogP contribution in [0.3, 0.4) is 0 Å². The molecular weight excluding hydrogens is 320 g/mol. The van der Waals surface area contributed by atoms with E-state index in [1.54, 1.807) is 10.9 Å². The molecule has 0 bridgehead atoms. The second kappa shape index (κ2) is 6.56. The first-order chi connectivity index (χ1) is 12.3. The van der Waals surface area contributed by atoms with E-state index in [2.05, 4.69) is 35.5 Å². The van der Waals surface area contributed by atoms with Gasteiger partial charge in [-0.05, 0) is 6.07 Å². The number of benzene rings is 1. The third-order valence-corrected chi connectivity index (χ3v) is 3.78. The van der Waals surface area contributed by atoms with Gasteiger partial charge in [0.1, 0.15) is 24.9 Å². The molecule has 9 nitrogen and oxygen atoms in total. The number of hydrogen-bond donors (Lipinski definition) is 1. The van der Waals surface area contributed by atoms with Crippen molar-refractivity contribution in [3.05, 3.63) is 60.3 Å². The first kappa shape index (κ1) is 15.1. The van der Waals surface area contributed by atoms with E-state index in [1.807, 2.05) is 24.3 Å². The number of para-hydroxylation sites is 1. The zero-order valence-electron chi connectivity index (χ0n) is 13.2. The fourth-order valence-corrected chi connectivity index (χ4v) is 2.56. The number of aromatic nitrogens is 8. The number of nitrogens with one attached hydrogen (secondary N) is 1. The predicted molar refractivity (Wildman–Crippen MR) is 87.7 cm³/mol. The molecule has 0 aliphatic heterocycles. The molecule has 0 unspecified atom stereocenters. The zero-order valence-corrected chi connectivity index (χ0v) is 13.2. The fraction of sp³-hybridized carbons (Fsp3) is 0.188. The summed E-state index contributed by atoms with van der Waals surface area (Å²) in [6.45, 7) is 0.410. The van der Waals surface area contributed by atoms with Crippen molar-refractivity contribution in [3.63, 3.8) is 0 Å². The maximum atomic E-state index is 12.4. The molecule has 4 aromatic rings. The molecule has 25 heavy (non-hydrogen) atoms. The van der Waals surface area contributed by atoms with Crippen molar-refractivity contribution in [3.8, 4) is 0 Å². The van der Waals surface area contributed by atoms with Crippen LogP contribution < -0.4 is 0 Å². The van der Waals surface area contributed by atoms with Crippen molar-refractivity contribution < 1.29 is 4.79 Å². The van der Waals surface area contributed by atoms with E-state index in [9.17, 15) is 4.79 Å². The maximum absolute atomic E-state index is 12.4. The van der Waals surface area contributed by atoms with E-state index in [0.29, 0.717) is 30.9 Å². The monoisotopic (exact) mass is 334 g/mol. The normalized spacial score (nSPS) is 11.0. The van der Waals surface area contributed by atoms with E-state index in [4.69, 9.17) is 0 Å². The number of carbonyl (C=O) groups excluding carboxylic acids is 1. The minimum Gasteiger partial charge on any atom is -0.292 e. The number of H-pyrrole nitrogens is 1. The molecule has 0 aliphatic carbocycles. The van der Waals surface area contributed by atoms with Crippen LogP contribution in [0.5, 0.6) is 0 Å². The predicted octanol–water partition coefficient (Wildman–Crippen LogP) is 1.20. The van der Waals surface area contributed by atoms with Crippen molar-refractivity contribution in [2.75, 3.05) is 0 Å². The number of fused-ring (bicyclic) bond motifs is 1. The summed E-state index contributed by atoms with van der Waals surface area (Å²) < 4.78 is 1.64. The molecular formula is C16H14N8O. The van der Waals surface area contributed by atoms with Crippen LogP contribution in [0.25, 0.3) is 10.9 Å². The lowest BCUT2D eigenvalue weighted by atomic mass is 10.1. The molecule has 9 heteroatoms. The van der Waals surface area contributed by atoms with Crippen LogP contribution >= 0.6 is 0 Å². The Balaban J connectivity index is 1.41. The van der Waals surface area contributed by atoms with Gasteiger partial charge in [0, 0.05) is 24.4 Å². The lowest BCUT2D eigenvalue weighted by Gasteiger charge is -1.97. The van der Waals surface area contributed by atoms with Gasteiger partial charge >= 0.3 is 0 Å². The number of aryl methyl sites for hydroxylation is 1. The van der Waals surface area contributed by atoms with Gasteiger partial charge in [-0.3, -0.25) is 9.89 Å². The molecule has 0 atom stereocenters. The van der Waals surface area contributed by atoms with Gasteiger partial charge in [0.25, 0.3) is 0 Å². The molecule has 124 valence electrons. The van der Waals surface area contributed by atoms with Gasteiger partial charge in [-0.25, -0.2) is 19.6 Å². The highest BCUT2D eigenvalue weighted by Gasteiger charge is 2.14. The van der Waals surface area contributed by atoms with Gasteiger partial charge in [0.15, 0.2) is 11.6 Å². The summed E-state index contributed by atoms with van der Waals surface area (Å²) in [7, 11) is 0. The quantitative estimate of drug-likeness (QED) is 0.527. The first-order valence-corrected chi connectivity index (χ1v) is 7.76. The zero-order chi connectivity index (χ0) is 17.1. The van der Waals surface area contributed by atoms with E-state index in [-0.39, 0.29) is 5.78 Å². The molecule has 4 rings (SSSR count). The van der Waals surface area contributed by atoms with Crippen molar-refractivity contribution in [2.24, 2.45) is 0 Å². The van der Waals surface area contributed by atoms with Gasteiger partial charge in [-0.15, -0.1) is 5.10 Å². The van der Waals surface area contributed by atoms with Gasteiger partial charge in [-0.1, -0.05) is 23.4 Å². The Morgan fingerprint density at radius 3 is 2.88 bits per heavy atom. The maximum Gasteiger partial charge on any atom is 0.184 e. The number of aromatic amines is 1. The van der Waals surface area contributed by atoms with Crippen LogP contribution in [0.4, 0.5) is 0 Å². The van der Waals surface area contributed by atoms with E-state index < -0.39 is 0 Å². The lowest BCUT2D eigenvalue weighted by molar-refractivity contribution is 0.0979. The smallest absolute Gasteiger partial charge is 0.184 e. The summed E-state index contributed by atoms with van der Waals surface area (Å²) in [6, 6.07) is 7.57. The Morgan fingerprint density at radius 2 is 2.00 bits per heavy atom. The summed E-state index contributed by atoms with van der Waals surface area (Å²) in [4.78, 5) is 24.3. The number of carbonyl (C=O) groups is 1. The van der Waals surface area contributed by atoms with Gasteiger partial charge in [-0.2, -0.15) is 5.10 Å². The molecule has 0 radical (unpaired) electrons. The summed E-state index contributed by atoms with van der Waals surface area (Å²) in [5.74, 6) is 0.579. The van der Waals surface area contributed by atoms with Crippen molar-refractivity contribution in [1.29, 1.82) is 0 Å². The van der Waals surface area contributed by atoms with Crippen molar-refractivity contribution >= 4 is 16.7 Å². The van der Waals surface area contributed by atoms with Crippen LogP contribution in [0.2, 0.25) is 0 Å². The summed E-state index contributed by atoms with van der Waals surface area (Å²) in [5.41, 5.74) is 2.06. The Kier molecular flexibility index (Phi) is 3.95. The third kappa shape index (κ3) is 3.25. The largest absolute Gasteiger partial charge is 0.292 e. The molecule has 0 fully saturated rings. The van der Waals surface area contributed by atoms with Gasteiger partial charge < -0.3 is 0 Å². The molecule has 0 saturated heterocycles. The Hall–Kier alpha value is -3.49. The van der Waals surface area contributed by atoms with Crippen LogP contribution in [0.1, 0.15) is 28.4 Å². The number of nitrogens with zero attached hydrogens (tertiary/aromatic N) is 7. The van der Waals surface area contributed by atoms with Crippen LogP contribution in [0, 0.1) is 0 Å². The van der Waals surface area contributed by atoms with Crippen LogP contribution in [-0.2, 0) is 13.0 Å². The van der Waals surface area contributed by atoms with Crippen molar-refractivity contribution in [1.82, 2.24) is 40.1 Å². The van der Waals surface area contributed by atoms with Crippen molar-refractivity contribution in [2.45, 2.75) is 19.4 Å². The summed E-state index contributed by atoms with van der Waals surface area (Å²) in [5, 5.41) is 16.0. The second-order valence-electron chi connectivity index (χ2n) is 5.50. The number of Topliss-reactive ketones (excluding diaryl/α,β-unsaturated/α-hetero) is 1. The molecule has 0 spiro atoms. The number of rotatable bonds is 6. The van der Waals surface area contributed by atoms with E-state index in [0.717, 1.165) is 16.6 Å². The molecule has 0 aliphatic rings. The summed E-state index contributed by atoms with van der Waals surface area (Å²) in [6.07, 6.45) is 5.48. The minimum atomic E-state index is -0.0236. The molecule has 1 N–H and O–H groups in total. The van der Waals surface area contributed by atoms with Gasteiger partial charge in [0.05, 0.1) is 11.2 Å². The van der Waals surface area contributed by atoms with E-state index in [1.165, 1.54) is 12.7 Å². The van der Waals surface area contributed by atoms with Crippen LogP contribution in [-0.4, -0.2) is 45.9 Å². The molecule has 3 heterocycles. The molecule has 1 aromatic carbocycles. The highest BCUT2D eigenvalue weighted by atomic mass is 16.1. The van der Waals surface area contributed by atoms with Gasteiger partial charge in [0.2, 0.25) is 0 Å². The second-order valence-corrected chi connectivity index (χ2v) is 5.50. The first-order valence-electron chi connectivity index (χ1n) is 7.76. The Labute approximate surface area is 142 Å². The lowest BCUT2D eigenvalue weighted by Crippen LogP contribution is -2.05. The highest BCUT2D eigenvalue weighted by molar-refractivity contribution is 6.05. The average molecular weight is 334 g/mol. The SMILES string of the molecule is O=C(CCc1cn(Cc2ncncn2)nn1)c1n[nH]c2ccccc12. The summed E-state index contributed by atoms with van der Waals surface area (Å²) >= 11 is 0. The third-order valence-electron chi connectivity index (χ3n) is 3.78. The average Bonchev–Trinajstić information content (AvgIpc) is 3.27. The standard InChI is InChI=1S/C16H14N8O/c25-14(16-12-3-1-2-4-13(12)21-22-16)6-5-11-7-24(23-20-11)8-15-18-9-17-10-19-15/h1-4,7,9-10H,5-6,8H2,(H,21,22). The van der Waals surface area contributed by atoms with E-state index >= 15 is 0 Å². The Bertz CT molecular complexity index is 1010. The highest BCUT2D eigenvalue weighted by Crippen LogP contribution is 2.17. The Morgan fingerprint density at radius 1 is 1.16 bits per heavy atom. The van der Waals surface area contributed by atoms with Crippen LogP contribution in [0.15, 0.2) is 43.1 Å². The minimum absolute atomic E-state index is 0.0236. The fourth-order valence-electron chi connectivity index (χ4n) is 2.56.